The van der Waals surface area contributed by atoms with E-state index in [-0.39, 0.29) is 0 Å². The first-order valence-corrected chi connectivity index (χ1v) is 7.53. The number of aryl methyl sites for hydroxylation is 3. The second kappa shape index (κ2) is 6.34. The fourth-order valence-corrected chi connectivity index (χ4v) is 2.46. The first kappa shape index (κ1) is 15.4. The predicted octanol–water partition coefficient (Wildman–Crippen LogP) is 3.28. The topological polar surface area (TPSA) is 68.2 Å². The highest BCUT2D eigenvalue weighted by Crippen LogP contribution is 2.25. The van der Waals surface area contributed by atoms with Crippen LogP contribution in [0.2, 0.25) is 0 Å². The van der Waals surface area contributed by atoms with Crippen molar-refractivity contribution in [3.8, 4) is 11.5 Å². The summed E-state index contributed by atoms with van der Waals surface area (Å²) >= 11 is 0. The Bertz CT molecular complexity index is 807. The molecule has 6 nitrogen and oxygen atoms in total. The van der Waals surface area contributed by atoms with Gasteiger partial charge in [-0.15, -0.1) is 0 Å². The van der Waals surface area contributed by atoms with Gasteiger partial charge in [-0.05, 0) is 32.5 Å². The Labute approximate surface area is 135 Å². The summed E-state index contributed by atoms with van der Waals surface area (Å²) in [6, 6.07) is 8.08. The van der Waals surface area contributed by atoms with Crippen molar-refractivity contribution in [2.75, 3.05) is 7.05 Å². The van der Waals surface area contributed by atoms with Gasteiger partial charge >= 0.3 is 0 Å². The summed E-state index contributed by atoms with van der Waals surface area (Å²) in [4.78, 5) is 11.0. The third-order valence-electron chi connectivity index (χ3n) is 3.67. The van der Waals surface area contributed by atoms with Gasteiger partial charge in [0.05, 0.1) is 12.2 Å². The molecule has 23 heavy (non-hydrogen) atoms. The fourth-order valence-electron chi connectivity index (χ4n) is 2.46. The summed E-state index contributed by atoms with van der Waals surface area (Å²) in [7, 11) is 1.99. The number of benzene rings is 1. The van der Waals surface area contributed by atoms with Crippen molar-refractivity contribution >= 4 is 0 Å². The molecule has 1 aromatic carbocycles. The summed E-state index contributed by atoms with van der Waals surface area (Å²) < 4.78 is 10.8. The van der Waals surface area contributed by atoms with Crippen molar-refractivity contribution in [2.45, 2.75) is 33.9 Å². The number of hydrogen-bond acceptors (Lipinski definition) is 6. The van der Waals surface area contributed by atoms with E-state index in [9.17, 15) is 0 Å². The SMILES string of the molecule is Cc1nc(CN(C)Cc2nc(-c3ccccc3C)oc2C)no1. The summed E-state index contributed by atoms with van der Waals surface area (Å²) in [6.07, 6.45) is 0. The molecule has 0 bridgehead atoms. The second-order valence-electron chi connectivity index (χ2n) is 5.74. The molecule has 3 rings (SSSR count). The van der Waals surface area contributed by atoms with Crippen LogP contribution < -0.4 is 0 Å². The van der Waals surface area contributed by atoms with Crippen LogP contribution in [-0.2, 0) is 13.1 Å². The first-order chi connectivity index (χ1) is 11.0. The molecule has 0 saturated carbocycles. The molecule has 0 atom stereocenters. The van der Waals surface area contributed by atoms with Gasteiger partial charge in [0.25, 0.3) is 0 Å². The first-order valence-electron chi connectivity index (χ1n) is 7.53. The average Bonchev–Trinajstić information content (AvgIpc) is 3.06. The lowest BCUT2D eigenvalue weighted by atomic mass is 10.1. The number of aromatic nitrogens is 3. The van der Waals surface area contributed by atoms with Gasteiger partial charge in [-0.1, -0.05) is 23.4 Å². The van der Waals surface area contributed by atoms with Gasteiger partial charge in [-0.2, -0.15) is 4.98 Å². The Balaban J connectivity index is 1.75. The third-order valence-corrected chi connectivity index (χ3v) is 3.67. The van der Waals surface area contributed by atoms with Crippen LogP contribution in [0.5, 0.6) is 0 Å². The lowest BCUT2D eigenvalue weighted by molar-refractivity contribution is 0.296. The quantitative estimate of drug-likeness (QED) is 0.720. The molecule has 0 saturated heterocycles. The minimum atomic E-state index is 0.577. The van der Waals surface area contributed by atoms with Gasteiger partial charge < -0.3 is 8.94 Å². The van der Waals surface area contributed by atoms with E-state index >= 15 is 0 Å². The number of oxazole rings is 1. The Morgan fingerprint density at radius 2 is 1.83 bits per heavy atom. The summed E-state index contributed by atoms with van der Waals surface area (Å²) in [5.74, 6) is 2.75. The molecule has 0 fully saturated rings. The summed E-state index contributed by atoms with van der Waals surface area (Å²) in [5, 5.41) is 3.91. The molecule has 0 aliphatic carbocycles. The number of rotatable bonds is 5. The molecule has 0 aliphatic heterocycles. The largest absolute Gasteiger partial charge is 0.441 e. The van der Waals surface area contributed by atoms with Gasteiger partial charge in [0.1, 0.15) is 5.76 Å². The van der Waals surface area contributed by atoms with Gasteiger partial charge in [0.2, 0.25) is 11.8 Å². The van der Waals surface area contributed by atoms with Crippen LogP contribution in [0.15, 0.2) is 33.2 Å². The van der Waals surface area contributed by atoms with E-state index < -0.39 is 0 Å². The van der Waals surface area contributed by atoms with Crippen LogP contribution in [0.25, 0.3) is 11.5 Å². The minimum Gasteiger partial charge on any atom is -0.441 e. The van der Waals surface area contributed by atoms with Crippen molar-refractivity contribution in [2.24, 2.45) is 0 Å². The molecule has 0 N–H and O–H groups in total. The van der Waals surface area contributed by atoms with E-state index in [0.717, 1.165) is 22.6 Å². The predicted molar refractivity (Wildman–Crippen MR) is 85.6 cm³/mol. The standard InChI is InChI=1S/C17H20N4O2/c1-11-7-5-6-8-14(11)17-19-15(12(2)22-17)9-21(4)10-16-18-13(3)23-20-16/h5-8H,9-10H2,1-4H3. The van der Waals surface area contributed by atoms with E-state index in [2.05, 4.69) is 33.0 Å². The van der Waals surface area contributed by atoms with Crippen molar-refractivity contribution in [3.63, 3.8) is 0 Å². The highest BCUT2D eigenvalue weighted by Gasteiger charge is 2.15. The highest BCUT2D eigenvalue weighted by atomic mass is 16.5. The van der Waals surface area contributed by atoms with Crippen LogP contribution in [0.3, 0.4) is 0 Å². The zero-order valence-electron chi connectivity index (χ0n) is 13.8. The van der Waals surface area contributed by atoms with Crippen LogP contribution in [0.1, 0.15) is 28.7 Å². The number of hydrogen-bond donors (Lipinski definition) is 0. The molecule has 6 heteroatoms. The van der Waals surface area contributed by atoms with Crippen LogP contribution in [0, 0.1) is 20.8 Å². The monoisotopic (exact) mass is 312 g/mol. The average molecular weight is 312 g/mol. The molecule has 2 aromatic heterocycles. The lowest BCUT2D eigenvalue weighted by Crippen LogP contribution is -2.18. The van der Waals surface area contributed by atoms with Crippen LogP contribution >= 0.6 is 0 Å². The molecular weight excluding hydrogens is 292 g/mol. The summed E-state index contributed by atoms with van der Waals surface area (Å²) in [6.45, 7) is 7.04. The maximum atomic E-state index is 5.85. The van der Waals surface area contributed by atoms with E-state index in [1.807, 2.05) is 32.2 Å². The lowest BCUT2D eigenvalue weighted by Gasteiger charge is -2.12. The fraction of sp³-hybridized carbons (Fsp3) is 0.353. The van der Waals surface area contributed by atoms with Crippen molar-refractivity contribution in [1.29, 1.82) is 0 Å². The van der Waals surface area contributed by atoms with Gasteiger partial charge in [-0.25, -0.2) is 4.98 Å². The smallest absolute Gasteiger partial charge is 0.226 e. The molecule has 0 radical (unpaired) electrons. The minimum absolute atomic E-state index is 0.577. The maximum absolute atomic E-state index is 5.85. The molecular formula is C17H20N4O2. The summed E-state index contributed by atoms with van der Waals surface area (Å²) in [5.41, 5.74) is 3.10. The Morgan fingerprint density at radius 1 is 1.04 bits per heavy atom. The van der Waals surface area contributed by atoms with Gasteiger partial charge in [-0.3, -0.25) is 4.90 Å². The van der Waals surface area contributed by atoms with E-state index in [0.29, 0.717) is 30.7 Å². The normalized spacial score (nSPS) is 11.3. The molecule has 0 amide bonds. The van der Waals surface area contributed by atoms with Crippen molar-refractivity contribution < 1.29 is 8.94 Å². The second-order valence-corrected chi connectivity index (χ2v) is 5.74. The van der Waals surface area contributed by atoms with Gasteiger partial charge in [0, 0.05) is 19.0 Å². The van der Waals surface area contributed by atoms with E-state index in [4.69, 9.17) is 8.94 Å². The Morgan fingerprint density at radius 3 is 2.52 bits per heavy atom. The molecule has 2 heterocycles. The zero-order chi connectivity index (χ0) is 16.4. The van der Waals surface area contributed by atoms with Gasteiger partial charge in [0.15, 0.2) is 5.82 Å². The van der Waals surface area contributed by atoms with Crippen molar-refractivity contribution in [1.82, 2.24) is 20.0 Å². The van der Waals surface area contributed by atoms with Crippen LogP contribution in [0.4, 0.5) is 0 Å². The van der Waals surface area contributed by atoms with Crippen molar-refractivity contribution in [3.05, 3.63) is 53.0 Å². The zero-order valence-corrected chi connectivity index (χ0v) is 13.8. The molecule has 3 aromatic rings. The molecule has 120 valence electrons. The van der Waals surface area contributed by atoms with Crippen LogP contribution in [-0.4, -0.2) is 27.1 Å². The van der Waals surface area contributed by atoms with E-state index in [1.54, 1.807) is 6.92 Å². The van der Waals surface area contributed by atoms with E-state index in [1.165, 1.54) is 0 Å². The molecule has 0 aliphatic rings. The third kappa shape index (κ3) is 3.48. The Hall–Kier alpha value is -2.47. The highest BCUT2D eigenvalue weighted by molar-refractivity contribution is 5.58. The maximum Gasteiger partial charge on any atom is 0.226 e. The molecule has 0 spiro atoms. The Kier molecular flexibility index (Phi) is 4.25. The molecule has 0 unspecified atom stereocenters. The number of nitrogens with zero attached hydrogens (tertiary/aromatic N) is 4.